The zero-order chi connectivity index (χ0) is 28.9. The zero-order valence-electron chi connectivity index (χ0n) is 24.1. The maximum atomic E-state index is 13.9. The number of esters is 1. The van der Waals surface area contributed by atoms with Crippen LogP contribution in [0.25, 0.3) is 0 Å². The Morgan fingerprint density at radius 1 is 0.927 bits per heavy atom. The summed E-state index contributed by atoms with van der Waals surface area (Å²) in [5.74, 6) is -0.197. The Balaban J connectivity index is 1.52. The Morgan fingerprint density at radius 3 is 2.32 bits per heavy atom. The molecule has 0 bridgehead atoms. The number of benzene rings is 3. The highest BCUT2D eigenvalue weighted by molar-refractivity contribution is 6.09. The number of Topliss-reactive ketones (excluding diaryl/α,β-unsaturated/α-hetero) is 1. The van der Waals surface area contributed by atoms with Gasteiger partial charge in [-0.25, -0.2) is 0 Å². The molecule has 0 N–H and O–H groups in total. The summed E-state index contributed by atoms with van der Waals surface area (Å²) in [7, 11) is 1.59. The number of ketones is 1. The third-order valence-electron chi connectivity index (χ3n) is 7.76. The molecule has 0 spiro atoms. The fourth-order valence-electron chi connectivity index (χ4n) is 5.76. The lowest BCUT2D eigenvalue weighted by Crippen LogP contribution is -2.38. The van der Waals surface area contributed by atoms with Crippen molar-refractivity contribution in [1.82, 2.24) is 0 Å². The average molecular weight is 552 g/mol. The predicted molar refractivity (Wildman–Crippen MR) is 159 cm³/mol. The lowest BCUT2D eigenvalue weighted by atomic mass is 9.69. The smallest absolute Gasteiger partial charge is 0.315 e. The van der Waals surface area contributed by atoms with Gasteiger partial charge in [0.2, 0.25) is 0 Å². The highest BCUT2D eigenvalue weighted by Crippen LogP contribution is 2.48. The second-order valence-corrected chi connectivity index (χ2v) is 11.2. The van der Waals surface area contributed by atoms with Gasteiger partial charge in [-0.15, -0.1) is 0 Å². The largest absolute Gasteiger partial charge is 0.493 e. The fraction of sp³-hybridized carbons (Fsp3) is 0.343. The number of hydrogen-bond donors (Lipinski definition) is 0. The normalized spacial score (nSPS) is 20.4. The number of methoxy groups -OCH3 is 1. The van der Waals surface area contributed by atoms with Crippen LogP contribution in [-0.2, 0) is 20.9 Å². The summed E-state index contributed by atoms with van der Waals surface area (Å²) in [6.07, 6.45) is 1.01. The minimum absolute atomic E-state index is 0.0198. The number of hydrogen-bond acceptors (Lipinski definition) is 6. The van der Waals surface area contributed by atoms with Gasteiger partial charge in [-0.2, -0.15) is 0 Å². The molecule has 2 aliphatic rings. The van der Waals surface area contributed by atoms with Crippen LogP contribution in [0.15, 0.2) is 95.1 Å². The predicted octanol–water partition coefficient (Wildman–Crippen LogP) is 7.05. The summed E-state index contributed by atoms with van der Waals surface area (Å²) < 4.78 is 17.5. The van der Waals surface area contributed by atoms with Crippen molar-refractivity contribution in [2.24, 2.45) is 16.8 Å². The molecule has 5 rings (SSSR count). The molecule has 1 aliphatic heterocycles. The van der Waals surface area contributed by atoms with Gasteiger partial charge in [0.05, 0.1) is 13.7 Å². The van der Waals surface area contributed by atoms with Gasteiger partial charge in [-0.3, -0.25) is 14.6 Å². The topological polar surface area (TPSA) is 74.2 Å². The Labute approximate surface area is 242 Å². The van der Waals surface area contributed by atoms with Crippen LogP contribution in [0.5, 0.6) is 11.5 Å². The minimum Gasteiger partial charge on any atom is -0.493 e. The first-order valence-electron chi connectivity index (χ1n) is 14.2. The lowest BCUT2D eigenvalue weighted by Gasteiger charge is -2.36. The van der Waals surface area contributed by atoms with Crippen LogP contribution in [0.1, 0.15) is 62.1 Å². The standard InChI is InChI=1S/C35H37NO5/c1-22(2)20-41-35(38)32-23(3)36-28-17-27(25-13-9-6-10-14-25)18-29(37)34(28)33(32)26-15-16-30(31(19-26)39-4)40-21-24-11-7-5-8-12-24/h5-16,19,22,27,32-33H,17-18,20-21H2,1-4H3/t27-,32?,33+/m0/s1. The summed E-state index contributed by atoms with van der Waals surface area (Å²) in [6, 6.07) is 25.7. The van der Waals surface area contributed by atoms with E-state index in [-0.39, 0.29) is 23.6 Å². The van der Waals surface area contributed by atoms with Gasteiger partial charge in [0.25, 0.3) is 0 Å². The zero-order valence-corrected chi connectivity index (χ0v) is 24.1. The van der Waals surface area contributed by atoms with Crippen molar-refractivity contribution >= 4 is 17.5 Å². The number of carbonyl (C=O) groups is 2. The molecular weight excluding hydrogens is 514 g/mol. The van der Waals surface area contributed by atoms with Crippen LogP contribution in [0.2, 0.25) is 0 Å². The molecule has 6 nitrogen and oxygen atoms in total. The lowest BCUT2D eigenvalue weighted by molar-refractivity contribution is -0.147. The summed E-state index contributed by atoms with van der Waals surface area (Å²) in [5, 5.41) is 0. The molecule has 212 valence electrons. The Bertz CT molecular complexity index is 1460. The summed E-state index contributed by atoms with van der Waals surface area (Å²) >= 11 is 0. The number of carbonyl (C=O) groups excluding carboxylic acids is 2. The van der Waals surface area contributed by atoms with Crippen molar-refractivity contribution in [3.63, 3.8) is 0 Å². The van der Waals surface area contributed by atoms with Crippen molar-refractivity contribution in [2.45, 2.75) is 52.1 Å². The Kier molecular flexibility index (Phi) is 8.67. The molecule has 1 aliphatic carbocycles. The number of allylic oxidation sites excluding steroid dienone is 2. The monoisotopic (exact) mass is 551 g/mol. The molecule has 3 aromatic rings. The molecule has 41 heavy (non-hydrogen) atoms. The maximum absolute atomic E-state index is 13.9. The van der Waals surface area contributed by atoms with Crippen LogP contribution in [0.3, 0.4) is 0 Å². The summed E-state index contributed by atoms with van der Waals surface area (Å²) in [6.45, 7) is 6.57. The average Bonchev–Trinajstić information content (AvgIpc) is 2.99. The molecule has 1 heterocycles. The summed E-state index contributed by atoms with van der Waals surface area (Å²) in [4.78, 5) is 32.3. The second-order valence-electron chi connectivity index (χ2n) is 11.2. The van der Waals surface area contributed by atoms with E-state index < -0.39 is 11.8 Å². The van der Waals surface area contributed by atoms with E-state index in [2.05, 4.69) is 12.1 Å². The number of rotatable bonds is 9. The van der Waals surface area contributed by atoms with E-state index in [9.17, 15) is 9.59 Å². The molecule has 0 radical (unpaired) electrons. The number of nitrogens with zero attached hydrogens (tertiary/aromatic N) is 1. The number of aliphatic imine (C=N–C) groups is 1. The van der Waals surface area contributed by atoms with Gasteiger partial charge in [-0.1, -0.05) is 80.6 Å². The first-order valence-corrected chi connectivity index (χ1v) is 14.2. The number of ether oxygens (including phenoxy) is 3. The van der Waals surface area contributed by atoms with Crippen LogP contribution >= 0.6 is 0 Å². The van der Waals surface area contributed by atoms with Crippen molar-refractivity contribution < 1.29 is 23.8 Å². The van der Waals surface area contributed by atoms with E-state index in [1.54, 1.807) is 7.11 Å². The molecule has 3 atom stereocenters. The maximum Gasteiger partial charge on any atom is 0.315 e. The highest BCUT2D eigenvalue weighted by Gasteiger charge is 2.45. The molecule has 6 heteroatoms. The molecule has 0 fully saturated rings. The minimum atomic E-state index is -0.703. The molecule has 3 aromatic carbocycles. The Morgan fingerprint density at radius 2 is 1.63 bits per heavy atom. The third kappa shape index (κ3) is 6.27. The highest BCUT2D eigenvalue weighted by atomic mass is 16.5. The van der Waals surface area contributed by atoms with Crippen molar-refractivity contribution in [3.8, 4) is 11.5 Å². The van der Waals surface area contributed by atoms with Crippen molar-refractivity contribution in [2.75, 3.05) is 13.7 Å². The first-order chi connectivity index (χ1) is 19.9. The summed E-state index contributed by atoms with van der Waals surface area (Å²) in [5.41, 5.74) is 4.99. The van der Waals surface area contributed by atoms with Crippen LogP contribution in [0.4, 0.5) is 0 Å². The van der Waals surface area contributed by atoms with Gasteiger partial charge in [0, 0.05) is 29.3 Å². The van der Waals surface area contributed by atoms with E-state index in [1.807, 2.05) is 87.5 Å². The molecule has 0 saturated carbocycles. The van der Waals surface area contributed by atoms with E-state index in [0.29, 0.717) is 48.8 Å². The molecular formula is C35H37NO5. The third-order valence-corrected chi connectivity index (χ3v) is 7.76. The van der Waals surface area contributed by atoms with Gasteiger partial charge in [-0.05, 0) is 54.0 Å². The van der Waals surface area contributed by atoms with Crippen LogP contribution in [0, 0.1) is 11.8 Å². The molecule has 0 aromatic heterocycles. The SMILES string of the molecule is COc1cc([C@H]2C3=C(C[C@H](c4ccccc4)CC3=O)N=C(C)C2C(=O)OCC(C)C)ccc1OCc1ccccc1. The molecule has 0 saturated heterocycles. The van der Waals surface area contributed by atoms with Crippen molar-refractivity contribution in [1.29, 1.82) is 0 Å². The van der Waals surface area contributed by atoms with E-state index in [1.165, 1.54) is 0 Å². The first kappa shape index (κ1) is 28.3. The van der Waals surface area contributed by atoms with Gasteiger partial charge >= 0.3 is 5.97 Å². The van der Waals surface area contributed by atoms with E-state index in [0.717, 1.165) is 22.4 Å². The van der Waals surface area contributed by atoms with E-state index >= 15 is 0 Å². The van der Waals surface area contributed by atoms with Gasteiger partial charge in [0.1, 0.15) is 12.5 Å². The fourth-order valence-corrected chi connectivity index (χ4v) is 5.76. The van der Waals surface area contributed by atoms with Crippen LogP contribution in [-0.4, -0.2) is 31.2 Å². The van der Waals surface area contributed by atoms with E-state index in [4.69, 9.17) is 19.2 Å². The van der Waals surface area contributed by atoms with Crippen molar-refractivity contribution in [3.05, 3.63) is 107 Å². The Hall–Kier alpha value is -4.19. The van der Waals surface area contributed by atoms with Gasteiger partial charge < -0.3 is 14.2 Å². The molecule has 1 unspecified atom stereocenters. The molecule has 0 amide bonds. The quantitative estimate of drug-likeness (QED) is 0.267. The van der Waals surface area contributed by atoms with Gasteiger partial charge in [0.15, 0.2) is 17.3 Å². The second kappa shape index (κ2) is 12.5. The van der Waals surface area contributed by atoms with Crippen LogP contribution < -0.4 is 9.47 Å².